The molecular weight excluding hydrogens is 412 g/mol. The molecule has 2 aromatic rings. The normalized spacial score (nSPS) is 11.6. The molecule has 0 aliphatic rings. The number of hydrogen-bond donors (Lipinski definition) is 2. The third-order valence-electron chi connectivity index (χ3n) is 4.18. The number of hydrogen-bond acceptors (Lipinski definition) is 8. The Balaban J connectivity index is 1.31. The van der Waals surface area contributed by atoms with Crippen molar-refractivity contribution in [1.29, 1.82) is 0 Å². The zero-order valence-corrected chi connectivity index (χ0v) is 18.3. The van der Waals surface area contributed by atoms with Crippen molar-refractivity contribution in [3.8, 4) is 11.5 Å². The highest BCUT2D eigenvalue weighted by atomic mass is 16.6. The van der Waals surface area contributed by atoms with Crippen LogP contribution in [0.4, 0.5) is 0 Å². The van der Waals surface area contributed by atoms with E-state index >= 15 is 0 Å². The van der Waals surface area contributed by atoms with Crippen LogP contribution in [0.5, 0.6) is 11.5 Å². The van der Waals surface area contributed by atoms with E-state index in [-0.39, 0.29) is 11.5 Å². The number of para-hydroxylation sites is 2. The largest absolute Gasteiger partial charge is 0.507 e. The number of benzene rings is 2. The minimum atomic E-state index is 0.217. The number of aliphatic imine (C=N–C) groups is 2. The smallest absolute Gasteiger partial charge is 0.124 e. The van der Waals surface area contributed by atoms with Crippen LogP contribution in [0.15, 0.2) is 58.5 Å². The van der Waals surface area contributed by atoms with Crippen LogP contribution < -0.4 is 0 Å². The molecule has 2 rings (SSSR count). The highest BCUT2D eigenvalue weighted by Crippen LogP contribution is 2.13. The summed E-state index contributed by atoms with van der Waals surface area (Å²) in [5.74, 6) is 0.434. The molecule has 0 saturated heterocycles. The predicted molar refractivity (Wildman–Crippen MR) is 124 cm³/mol. The summed E-state index contributed by atoms with van der Waals surface area (Å²) in [5.41, 5.74) is 1.39. The standard InChI is InChI=1S/C24H32N2O6/c27-23-7-3-1-5-21(23)19-25-9-11-29-13-15-31-17-18-32-16-14-30-12-10-26-20-22-6-2-4-8-24(22)28/h1-8,19-20,27-28H,9-18H2. The number of rotatable bonds is 17. The van der Waals surface area contributed by atoms with Gasteiger partial charge in [0.05, 0.1) is 65.9 Å². The number of nitrogens with zero attached hydrogens (tertiary/aromatic N) is 2. The van der Waals surface area contributed by atoms with E-state index in [1.807, 2.05) is 12.1 Å². The van der Waals surface area contributed by atoms with Gasteiger partial charge in [0.2, 0.25) is 0 Å². The quantitative estimate of drug-likeness (QED) is 0.287. The summed E-state index contributed by atoms with van der Waals surface area (Å²) in [6, 6.07) is 14.1. The molecule has 0 spiro atoms. The van der Waals surface area contributed by atoms with Crippen molar-refractivity contribution in [2.45, 2.75) is 0 Å². The average Bonchev–Trinajstić information content (AvgIpc) is 2.80. The fourth-order valence-electron chi connectivity index (χ4n) is 2.52. The van der Waals surface area contributed by atoms with E-state index in [4.69, 9.17) is 18.9 Å². The van der Waals surface area contributed by atoms with Gasteiger partial charge in [-0.25, -0.2) is 0 Å². The van der Waals surface area contributed by atoms with Gasteiger partial charge in [-0.1, -0.05) is 24.3 Å². The predicted octanol–water partition coefficient (Wildman–Crippen LogP) is 2.70. The molecule has 0 fully saturated rings. The SMILES string of the molecule is Oc1ccccc1C=NCCOCCOCCOCCOCCN=Cc1ccccc1O. The molecule has 0 aliphatic carbocycles. The molecule has 0 bridgehead atoms. The van der Waals surface area contributed by atoms with Crippen molar-refractivity contribution >= 4 is 12.4 Å². The average molecular weight is 445 g/mol. The van der Waals surface area contributed by atoms with Gasteiger partial charge >= 0.3 is 0 Å². The monoisotopic (exact) mass is 444 g/mol. The molecule has 0 radical (unpaired) electrons. The summed E-state index contributed by atoms with van der Waals surface area (Å²) in [5, 5.41) is 19.2. The molecule has 0 heterocycles. The first-order valence-corrected chi connectivity index (χ1v) is 10.6. The van der Waals surface area contributed by atoms with Crippen molar-refractivity contribution in [1.82, 2.24) is 0 Å². The van der Waals surface area contributed by atoms with Crippen molar-refractivity contribution in [2.75, 3.05) is 65.9 Å². The van der Waals surface area contributed by atoms with Gasteiger partial charge in [0.25, 0.3) is 0 Å². The lowest BCUT2D eigenvalue weighted by atomic mass is 10.2. The Morgan fingerprint density at radius 2 is 0.875 bits per heavy atom. The van der Waals surface area contributed by atoms with E-state index in [9.17, 15) is 10.2 Å². The van der Waals surface area contributed by atoms with Crippen molar-refractivity contribution < 1.29 is 29.2 Å². The third-order valence-corrected chi connectivity index (χ3v) is 4.18. The number of ether oxygens (including phenoxy) is 4. The van der Waals surface area contributed by atoms with Gasteiger partial charge in [-0.3, -0.25) is 9.98 Å². The molecule has 0 unspecified atom stereocenters. The summed E-state index contributed by atoms with van der Waals surface area (Å²) in [4.78, 5) is 8.44. The Morgan fingerprint density at radius 1 is 0.531 bits per heavy atom. The fraction of sp³-hybridized carbons (Fsp3) is 0.417. The van der Waals surface area contributed by atoms with E-state index in [0.29, 0.717) is 77.1 Å². The Labute approximate surface area is 189 Å². The summed E-state index contributed by atoms with van der Waals surface area (Å²) >= 11 is 0. The van der Waals surface area contributed by atoms with Crippen LogP contribution >= 0.6 is 0 Å². The van der Waals surface area contributed by atoms with Crippen LogP contribution in [-0.2, 0) is 18.9 Å². The van der Waals surface area contributed by atoms with Crippen molar-refractivity contribution in [3.05, 3.63) is 59.7 Å². The Bertz CT molecular complexity index is 745. The summed E-state index contributed by atoms with van der Waals surface area (Å²) in [7, 11) is 0. The van der Waals surface area contributed by atoms with Crippen molar-refractivity contribution in [3.63, 3.8) is 0 Å². The fourth-order valence-corrected chi connectivity index (χ4v) is 2.52. The lowest BCUT2D eigenvalue weighted by molar-refractivity contribution is -0.0000824. The lowest BCUT2D eigenvalue weighted by Crippen LogP contribution is -2.13. The number of aromatic hydroxyl groups is 2. The molecular formula is C24H32N2O6. The molecule has 0 aliphatic heterocycles. The minimum Gasteiger partial charge on any atom is -0.507 e. The second-order valence-electron chi connectivity index (χ2n) is 6.64. The van der Waals surface area contributed by atoms with Crippen LogP contribution in [-0.4, -0.2) is 88.6 Å². The van der Waals surface area contributed by atoms with Crippen LogP contribution in [0.2, 0.25) is 0 Å². The van der Waals surface area contributed by atoms with E-state index in [2.05, 4.69) is 9.98 Å². The molecule has 2 aromatic carbocycles. The van der Waals surface area contributed by atoms with Gasteiger partial charge in [0.1, 0.15) is 11.5 Å². The maximum atomic E-state index is 9.62. The van der Waals surface area contributed by atoms with Crippen LogP contribution in [0, 0.1) is 0 Å². The molecule has 8 nitrogen and oxygen atoms in total. The number of phenols is 2. The first-order valence-electron chi connectivity index (χ1n) is 10.6. The van der Waals surface area contributed by atoms with E-state index < -0.39 is 0 Å². The molecule has 32 heavy (non-hydrogen) atoms. The first-order chi connectivity index (χ1) is 15.8. The van der Waals surface area contributed by atoms with E-state index in [0.717, 1.165) is 0 Å². The topological polar surface area (TPSA) is 102 Å². The molecule has 174 valence electrons. The minimum absolute atomic E-state index is 0.217. The first kappa shape index (κ1) is 25.5. The maximum absolute atomic E-state index is 9.62. The van der Waals surface area contributed by atoms with Crippen molar-refractivity contribution in [2.24, 2.45) is 9.98 Å². The van der Waals surface area contributed by atoms with Gasteiger partial charge in [-0.05, 0) is 24.3 Å². The highest BCUT2D eigenvalue weighted by molar-refractivity contribution is 5.83. The van der Waals surface area contributed by atoms with Crippen LogP contribution in [0.3, 0.4) is 0 Å². The number of phenolic OH excluding ortho intramolecular Hbond substituents is 2. The molecule has 0 amide bonds. The summed E-state index contributed by atoms with van der Waals surface area (Å²) in [6.07, 6.45) is 3.28. The maximum Gasteiger partial charge on any atom is 0.124 e. The molecule has 8 heteroatoms. The van der Waals surface area contributed by atoms with Gasteiger partial charge in [0.15, 0.2) is 0 Å². The van der Waals surface area contributed by atoms with Gasteiger partial charge < -0.3 is 29.2 Å². The summed E-state index contributed by atoms with van der Waals surface area (Å²) in [6.45, 7) is 5.03. The second kappa shape index (κ2) is 16.9. The summed E-state index contributed by atoms with van der Waals surface area (Å²) < 4.78 is 21.8. The molecule has 0 atom stereocenters. The van der Waals surface area contributed by atoms with Gasteiger partial charge in [-0.15, -0.1) is 0 Å². The van der Waals surface area contributed by atoms with Crippen LogP contribution in [0.25, 0.3) is 0 Å². The molecule has 0 aromatic heterocycles. The zero-order chi connectivity index (χ0) is 22.7. The second-order valence-corrected chi connectivity index (χ2v) is 6.64. The lowest BCUT2D eigenvalue weighted by Gasteiger charge is -2.06. The van der Waals surface area contributed by atoms with Gasteiger partial charge in [0, 0.05) is 23.6 Å². The van der Waals surface area contributed by atoms with Crippen LogP contribution in [0.1, 0.15) is 11.1 Å². The Hall–Kier alpha value is -2.78. The molecule has 0 saturated carbocycles. The third kappa shape index (κ3) is 11.6. The van der Waals surface area contributed by atoms with E-state index in [1.54, 1.807) is 48.8 Å². The highest BCUT2D eigenvalue weighted by Gasteiger charge is 1.96. The molecule has 2 N–H and O–H groups in total. The van der Waals surface area contributed by atoms with Gasteiger partial charge in [-0.2, -0.15) is 0 Å². The Morgan fingerprint density at radius 3 is 1.25 bits per heavy atom. The Kier molecular flexibility index (Phi) is 13.4. The van der Waals surface area contributed by atoms with E-state index in [1.165, 1.54) is 0 Å². The zero-order valence-electron chi connectivity index (χ0n) is 18.3.